The van der Waals surface area contributed by atoms with E-state index in [0.717, 1.165) is 20.6 Å². The van der Waals surface area contributed by atoms with Crippen molar-refractivity contribution in [3.8, 4) is 0 Å². The topological polar surface area (TPSA) is 12.9 Å². The zero-order valence-electron chi connectivity index (χ0n) is 9.84. The molecule has 0 aromatic carbocycles. The third-order valence-corrected chi connectivity index (χ3v) is 5.41. The Morgan fingerprint density at radius 3 is 2.62 bits per heavy atom. The van der Waals surface area contributed by atoms with Crippen LogP contribution in [-0.2, 0) is 0 Å². The Balaban J connectivity index is 2.60. The van der Waals surface area contributed by atoms with Gasteiger partial charge < -0.3 is 0 Å². The molecule has 90 valence electrons. The van der Waals surface area contributed by atoms with Crippen LogP contribution in [0, 0.1) is 11.3 Å². The summed E-state index contributed by atoms with van der Waals surface area (Å²) in [6, 6.07) is 3.98. The Hall–Kier alpha value is 0.460. The number of nitrogens with zero attached hydrogens (tertiary/aromatic N) is 1. The van der Waals surface area contributed by atoms with Crippen LogP contribution < -0.4 is 0 Å². The minimum absolute atomic E-state index is 0.331. The van der Waals surface area contributed by atoms with Gasteiger partial charge >= 0.3 is 0 Å². The van der Waals surface area contributed by atoms with Gasteiger partial charge in [-0.2, -0.15) is 0 Å². The molecule has 1 heterocycles. The van der Waals surface area contributed by atoms with Crippen molar-refractivity contribution < 1.29 is 0 Å². The zero-order chi connectivity index (χ0) is 12.2. The molecule has 0 saturated heterocycles. The minimum Gasteiger partial charge on any atom is -0.249 e. The molecule has 1 aromatic heterocycles. The van der Waals surface area contributed by atoms with Crippen LogP contribution >= 0.6 is 43.6 Å². The van der Waals surface area contributed by atoms with Gasteiger partial charge in [0.05, 0.1) is 0 Å². The molecule has 0 spiro atoms. The molecule has 0 amide bonds. The van der Waals surface area contributed by atoms with Crippen LogP contribution in [0.5, 0.6) is 0 Å². The average molecular weight is 367 g/mol. The molecule has 4 heteroatoms. The van der Waals surface area contributed by atoms with Gasteiger partial charge in [-0.25, -0.2) is 4.98 Å². The first-order valence-corrected chi connectivity index (χ1v) is 8.14. The minimum atomic E-state index is 0.331. The van der Waals surface area contributed by atoms with Gasteiger partial charge in [-0.15, -0.1) is 11.8 Å². The molecular formula is C12H17Br2NS. The molecule has 0 aliphatic heterocycles. The van der Waals surface area contributed by atoms with E-state index in [1.54, 1.807) is 0 Å². The average Bonchev–Trinajstić information content (AvgIpc) is 2.19. The van der Waals surface area contributed by atoms with Crippen LogP contribution in [0.2, 0.25) is 0 Å². The molecule has 0 fully saturated rings. The summed E-state index contributed by atoms with van der Waals surface area (Å²) >= 11 is 8.94. The standard InChI is InChI=1S/C12H17Br2NS/c1-12(2,3)9(7-13)8-16-11-10(14)5-4-6-15-11/h4-6,9H,7-8H2,1-3H3. The van der Waals surface area contributed by atoms with Gasteiger partial charge in [-0.1, -0.05) is 36.7 Å². The smallest absolute Gasteiger partial charge is 0.110 e. The second kappa shape index (κ2) is 6.41. The third-order valence-electron chi connectivity index (χ3n) is 2.56. The van der Waals surface area contributed by atoms with Crippen molar-refractivity contribution in [1.82, 2.24) is 4.98 Å². The van der Waals surface area contributed by atoms with Crippen molar-refractivity contribution in [3.63, 3.8) is 0 Å². The summed E-state index contributed by atoms with van der Waals surface area (Å²) in [6.45, 7) is 6.85. The van der Waals surface area contributed by atoms with Gasteiger partial charge in [0.15, 0.2) is 0 Å². The first kappa shape index (κ1) is 14.5. The number of hydrogen-bond acceptors (Lipinski definition) is 2. The van der Waals surface area contributed by atoms with Crippen molar-refractivity contribution in [2.45, 2.75) is 25.8 Å². The van der Waals surface area contributed by atoms with Crippen molar-refractivity contribution in [2.24, 2.45) is 11.3 Å². The lowest BCUT2D eigenvalue weighted by molar-refractivity contribution is 0.295. The first-order valence-electron chi connectivity index (χ1n) is 5.24. The molecule has 1 nitrogen and oxygen atoms in total. The van der Waals surface area contributed by atoms with Crippen LogP contribution in [0.4, 0.5) is 0 Å². The fraction of sp³-hybridized carbons (Fsp3) is 0.583. The predicted molar refractivity (Wildman–Crippen MR) is 79.4 cm³/mol. The summed E-state index contributed by atoms with van der Waals surface area (Å²) in [5.74, 6) is 1.73. The van der Waals surface area contributed by atoms with Gasteiger partial charge in [-0.05, 0) is 39.4 Å². The predicted octanol–water partition coefficient (Wildman–Crippen LogP) is 4.99. The fourth-order valence-corrected chi connectivity index (χ4v) is 4.60. The van der Waals surface area contributed by atoms with Crippen molar-refractivity contribution in [3.05, 3.63) is 22.8 Å². The monoisotopic (exact) mass is 365 g/mol. The molecule has 1 unspecified atom stereocenters. The van der Waals surface area contributed by atoms with Gasteiger partial charge in [-0.3, -0.25) is 0 Å². The highest BCUT2D eigenvalue weighted by atomic mass is 79.9. The van der Waals surface area contributed by atoms with E-state index in [1.165, 1.54) is 0 Å². The Labute approximate surface area is 119 Å². The number of alkyl halides is 1. The Morgan fingerprint density at radius 1 is 1.44 bits per heavy atom. The second-order valence-electron chi connectivity index (χ2n) is 4.82. The number of aromatic nitrogens is 1. The van der Waals surface area contributed by atoms with Crippen LogP contribution in [0.1, 0.15) is 20.8 Å². The molecule has 16 heavy (non-hydrogen) atoms. The molecule has 0 aliphatic carbocycles. The van der Waals surface area contributed by atoms with Gasteiger partial charge in [0, 0.05) is 21.8 Å². The van der Waals surface area contributed by atoms with Crippen molar-refractivity contribution in [2.75, 3.05) is 11.1 Å². The largest absolute Gasteiger partial charge is 0.249 e. The summed E-state index contributed by atoms with van der Waals surface area (Å²) in [5, 5.41) is 2.12. The Morgan fingerprint density at radius 2 is 2.12 bits per heavy atom. The van der Waals surface area contributed by atoms with Crippen molar-refractivity contribution >= 4 is 43.6 Å². The van der Waals surface area contributed by atoms with E-state index in [-0.39, 0.29) is 0 Å². The number of pyridine rings is 1. The van der Waals surface area contributed by atoms with E-state index in [4.69, 9.17) is 0 Å². The lowest BCUT2D eigenvalue weighted by Gasteiger charge is -2.28. The first-order chi connectivity index (χ1) is 7.45. The van der Waals surface area contributed by atoms with E-state index in [9.17, 15) is 0 Å². The summed E-state index contributed by atoms with van der Waals surface area (Å²) in [7, 11) is 0. The SMILES string of the molecule is CC(C)(C)C(CBr)CSc1ncccc1Br. The highest BCUT2D eigenvalue weighted by Crippen LogP contribution is 2.34. The van der Waals surface area contributed by atoms with E-state index >= 15 is 0 Å². The number of hydrogen-bond donors (Lipinski definition) is 0. The van der Waals surface area contributed by atoms with Gasteiger partial charge in [0.1, 0.15) is 5.03 Å². The van der Waals surface area contributed by atoms with Crippen LogP contribution in [0.25, 0.3) is 0 Å². The van der Waals surface area contributed by atoms with Crippen LogP contribution in [-0.4, -0.2) is 16.1 Å². The zero-order valence-corrected chi connectivity index (χ0v) is 13.8. The fourth-order valence-electron chi connectivity index (χ4n) is 1.18. The maximum Gasteiger partial charge on any atom is 0.110 e. The number of halogens is 2. The molecule has 1 aromatic rings. The van der Waals surface area contributed by atoms with Crippen molar-refractivity contribution in [1.29, 1.82) is 0 Å². The molecular weight excluding hydrogens is 350 g/mol. The molecule has 0 aliphatic rings. The molecule has 1 rings (SSSR count). The quantitative estimate of drug-likeness (QED) is 0.549. The van der Waals surface area contributed by atoms with Gasteiger partial charge in [0.2, 0.25) is 0 Å². The summed E-state index contributed by atoms with van der Waals surface area (Å²) < 4.78 is 1.09. The molecule has 0 saturated carbocycles. The van der Waals surface area contributed by atoms with E-state index < -0.39 is 0 Å². The molecule has 0 N–H and O–H groups in total. The normalized spacial score (nSPS) is 13.8. The highest BCUT2D eigenvalue weighted by molar-refractivity contribution is 9.10. The van der Waals surface area contributed by atoms with Crippen LogP contribution in [0.15, 0.2) is 27.8 Å². The highest BCUT2D eigenvalue weighted by Gasteiger charge is 2.23. The number of thioether (sulfide) groups is 1. The molecule has 0 bridgehead atoms. The van der Waals surface area contributed by atoms with Crippen LogP contribution in [0.3, 0.4) is 0 Å². The molecule has 0 radical (unpaired) electrons. The lowest BCUT2D eigenvalue weighted by atomic mass is 9.83. The summed E-state index contributed by atoms with van der Waals surface area (Å²) in [4.78, 5) is 4.37. The van der Waals surface area contributed by atoms with E-state index in [1.807, 2.05) is 30.1 Å². The lowest BCUT2D eigenvalue weighted by Crippen LogP contribution is -2.24. The van der Waals surface area contributed by atoms with E-state index in [2.05, 4.69) is 57.6 Å². The molecule has 1 atom stereocenters. The van der Waals surface area contributed by atoms with E-state index in [0.29, 0.717) is 11.3 Å². The summed E-state index contributed by atoms with van der Waals surface area (Å²) in [6.07, 6.45) is 1.84. The maximum atomic E-state index is 4.37. The maximum absolute atomic E-state index is 4.37. The van der Waals surface area contributed by atoms with Gasteiger partial charge in [0.25, 0.3) is 0 Å². The Kier molecular flexibility index (Phi) is 5.82. The third kappa shape index (κ3) is 4.38. The Bertz CT molecular complexity index is 336. The number of rotatable bonds is 4. The second-order valence-corrected chi connectivity index (χ2v) is 7.33. The summed E-state index contributed by atoms with van der Waals surface area (Å²) in [5.41, 5.74) is 0.331.